The average molecular weight is 203 g/mol. The zero-order valence-corrected chi connectivity index (χ0v) is 8.79. The Kier molecular flexibility index (Phi) is 3.48. The highest BCUT2D eigenvalue weighted by molar-refractivity contribution is 5.76. The molecule has 82 valence electrons. The van der Waals surface area contributed by atoms with Crippen molar-refractivity contribution in [2.75, 3.05) is 20.1 Å². The molecule has 1 aliphatic rings. The summed E-state index contributed by atoms with van der Waals surface area (Å²) in [5.74, 6) is -0.988. The van der Waals surface area contributed by atoms with Crippen molar-refractivity contribution >= 4 is 5.97 Å². The Hall–Kier alpha value is -0.640. The predicted octanol–water partition coefficient (Wildman–Crippen LogP) is 1.53. The fraction of sp³-hybridized carbons (Fsp3) is 0.900. The minimum atomic E-state index is -1.20. The van der Waals surface area contributed by atoms with Gasteiger partial charge < -0.3 is 10.0 Å². The van der Waals surface area contributed by atoms with Crippen LogP contribution in [-0.2, 0) is 4.79 Å². The van der Waals surface area contributed by atoms with Crippen molar-refractivity contribution in [3.8, 4) is 0 Å². The molecule has 1 N–H and O–H groups in total. The number of carboxylic acids is 1. The summed E-state index contributed by atoms with van der Waals surface area (Å²) in [6, 6.07) is 0. The molecule has 4 heteroatoms. The van der Waals surface area contributed by atoms with E-state index in [1.165, 1.54) is 0 Å². The molecule has 1 saturated heterocycles. The van der Waals surface area contributed by atoms with E-state index in [1.54, 1.807) is 0 Å². The Morgan fingerprint density at radius 1 is 1.71 bits per heavy atom. The van der Waals surface area contributed by atoms with E-state index < -0.39 is 17.6 Å². The van der Waals surface area contributed by atoms with E-state index in [2.05, 4.69) is 0 Å². The lowest BCUT2D eigenvalue weighted by molar-refractivity contribution is -0.158. The summed E-state index contributed by atoms with van der Waals surface area (Å²) in [6.07, 6.45) is 0.271. The number of nitrogens with zero attached hydrogens (tertiary/aromatic N) is 1. The third kappa shape index (κ3) is 1.90. The van der Waals surface area contributed by atoms with Crippen molar-refractivity contribution in [3.63, 3.8) is 0 Å². The molecule has 0 aromatic rings. The van der Waals surface area contributed by atoms with Crippen LogP contribution in [0.3, 0.4) is 0 Å². The second-order valence-electron chi connectivity index (χ2n) is 4.21. The lowest BCUT2D eigenvalue weighted by Gasteiger charge is -2.40. The molecule has 3 nitrogen and oxygen atoms in total. The molecule has 14 heavy (non-hydrogen) atoms. The first-order valence-corrected chi connectivity index (χ1v) is 5.09. The van der Waals surface area contributed by atoms with Crippen LogP contribution in [0.5, 0.6) is 0 Å². The largest absolute Gasteiger partial charge is 0.481 e. The van der Waals surface area contributed by atoms with E-state index in [0.717, 1.165) is 0 Å². The fourth-order valence-electron chi connectivity index (χ4n) is 2.26. The van der Waals surface area contributed by atoms with Crippen molar-refractivity contribution in [3.05, 3.63) is 0 Å². The first kappa shape index (κ1) is 11.4. The van der Waals surface area contributed by atoms with Crippen molar-refractivity contribution < 1.29 is 14.3 Å². The number of alkyl halides is 1. The molecule has 2 atom stereocenters. The number of carboxylic acid groups (broad SMARTS) is 1. The van der Waals surface area contributed by atoms with Crippen LogP contribution >= 0.6 is 0 Å². The molecule has 0 saturated carbocycles. The van der Waals surface area contributed by atoms with Gasteiger partial charge in [-0.1, -0.05) is 13.3 Å². The van der Waals surface area contributed by atoms with Crippen LogP contribution in [0.15, 0.2) is 0 Å². The number of aliphatic carboxylic acids is 1. The third-order valence-corrected chi connectivity index (χ3v) is 3.04. The second-order valence-corrected chi connectivity index (χ2v) is 4.21. The number of halogens is 1. The smallest absolute Gasteiger partial charge is 0.313 e. The minimum absolute atomic E-state index is 0.331. The fourth-order valence-corrected chi connectivity index (χ4v) is 2.26. The van der Waals surface area contributed by atoms with Gasteiger partial charge in [0.1, 0.15) is 11.6 Å². The van der Waals surface area contributed by atoms with Gasteiger partial charge in [0.15, 0.2) is 0 Å². The van der Waals surface area contributed by atoms with Crippen molar-refractivity contribution in [1.82, 2.24) is 4.90 Å². The Balaban J connectivity index is 2.86. The Bertz CT molecular complexity index is 222. The van der Waals surface area contributed by atoms with E-state index >= 15 is 0 Å². The third-order valence-electron chi connectivity index (χ3n) is 3.04. The number of piperidine rings is 1. The summed E-state index contributed by atoms with van der Waals surface area (Å²) < 4.78 is 13.7. The van der Waals surface area contributed by atoms with E-state index in [9.17, 15) is 9.18 Å². The Morgan fingerprint density at radius 3 is 2.86 bits per heavy atom. The highest BCUT2D eigenvalue weighted by atomic mass is 19.1. The summed E-state index contributed by atoms with van der Waals surface area (Å²) in [6.45, 7) is 2.88. The molecule has 0 bridgehead atoms. The summed E-state index contributed by atoms with van der Waals surface area (Å²) in [4.78, 5) is 13.1. The van der Waals surface area contributed by atoms with Gasteiger partial charge in [-0.2, -0.15) is 0 Å². The van der Waals surface area contributed by atoms with E-state index in [0.29, 0.717) is 32.4 Å². The van der Waals surface area contributed by atoms with Gasteiger partial charge in [0.05, 0.1) is 0 Å². The van der Waals surface area contributed by atoms with Crippen LogP contribution in [0.2, 0.25) is 0 Å². The molecule has 0 aromatic heterocycles. The highest BCUT2D eigenvalue weighted by Crippen LogP contribution is 2.36. The summed E-state index contributed by atoms with van der Waals surface area (Å²) in [5, 5.41) is 9.14. The van der Waals surface area contributed by atoms with Crippen molar-refractivity contribution in [1.29, 1.82) is 0 Å². The molecule has 1 heterocycles. The van der Waals surface area contributed by atoms with Gasteiger partial charge in [0, 0.05) is 13.1 Å². The molecule has 2 unspecified atom stereocenters. The van der Waals surface area contributed by atoms with Gasteiger partial charge in [-0.05, 0) is 19.9 Å². The molecule has 1 rings (SSSR count). The van der Waals surface area contributed by atoms with Crippen LogP contribution in [0, 0.1) is 5.41 Å². The van der Waals surface area contributed by atoms with Gasteiger partial charge in [-0.25, -0.2) is 4.39 Å². The number of rotatable bonds is 3. The van der Waals surface area contributed by atoms with Gasteiger partial charge in [0.2, 0.25) is 0 Å². The molecule has 0 amide bonds. The van der Waals surface area contributed by atoms with E-state index in [4.69, 9.17) is 5.11 Å². The van der Waals surface area contributed by atoms with Gasteiger partial charge >= 0.3 is 5.97 Å². The lowest BCUT2D eigenvalue weighted by Crippen LogP contribution is -2.53. The minimum Gasteiger partial charge on any atom is -0.481 e. The number of hydrogen-bond acceptors (Lipinski definition) is 2. The SMILES string of the molecule is CCCC1(C(=O)O)CN(C)CCC1F. The molecule has 0 spiro atoms. The van der Waals surface area contributed by atoms with Crippen LogP contribution in [-0.4, -0.2) is 42.3 Å². The van der Waals surface area contributed by atoms with E-state index in [1.807, 2.05) is 18.9 Å². The second kappa shape index (κ2) is 4.26. The quantitative estimate of drug-likeness (QED) is 0.756. The van der Waals surface area contributed by atoms with E-state index in [-0.39, 0.29) is 0 Å². The normalized spacial score (nSPS) is 34.4. The zero-order valence-electron chi connectivity index (χ0n) is 8.79. The first-order valence-electron chi connectivity index (χ1n) is 5.09. The van der Waals surface area contributed by atoms with Gasteiger partial charge in [-0.3, -0.25) is 4.79 Å². The average Bonchev–Trinajstić information content (AvgIpc) is 2.11. The number of hydrogen-bond donors (Lipinski definition) is 1. The Morgan fingerprint density at radius 2 is 2.36 bits per heavy atom. The van der Waals surface area contributed by atoms with Crippen LogP contribution in [0.25, 0.3) is 0 Å². The number of likely N-dealkylation sites (tertiary alicyclic amines) is 1. The van der Waals surface area contributed by atoms with Crippen LogP contribution < -0.4 is 0 Å². The van der Waals surface area contributed by atoms with Crippen LogP contribution in [0.1, 0.15) is 26.2 Å². The molecular weight excluding hydrogens is 185 g/mol. The maximum Gasteiger partial charge on any atom is 0.313 e. The monoisotopic (exact) mass is 203 g/mol. The topological polar surface area (TPSA) is 40.5 Å². The molecular formula is C10H18FNO2. The molecule has 1 fully saturated rings. The van der Waals surface area contributed by atoms with Crippen molar-refractivity contribution in [2.24, 2.45) is 5.41 Å². The van der Waals surface area contributed by atoms with Crippen LogP contribution in [0.4, 0.5) is 4.39 Å². The maximum absolute atomic E-state index is 13.7. The molecule has 0 aromatic carbocycles. The number of carbonyl (C=O) groups is 1. The molecule has 1 aliphatic heterocycles. The standard InChI is InChI=1S/C10H18FNO2/c1-3-5-10(9(13)14)7-12(2)6-4-8(10)11/h8H,3-7H2,1-2H3,(H,13,14). The lowest BCUT2D eigenvalue weighted by atomic mass is 9.75. The summed E-state index contributed by atoms with van der Waals surface area (Å²) in [5.41, 5.74) is -1.16. The van der Waals surface area contributed by atoms with Gasteiger partial charge in [-0.15, -0.1) is 0 Å². The molecule has 0 aliphatic carbocycles. The summed E-state index contributed by atoms with van der Waals surface area (Å²) >= 11 is 0. The van der Waals surface area contributed by atoms with Crippen molar-refractivity contribution in [2.45, 2.75) is 32.4 Å². The zero-order chi connectivity index (χ0) is 10.8. The van der Waals surface area contributed by atoms with Gasteiger partial charge in [0.25, 0.3) is 0 Å². The maximum atomic E-state index is 13.7. The highest BCUT2D eigenvalue weighted by Gasteiger charge is 2.48. The summed E-state index contributed by atoms with van der Waals surface area (Å²) in [7, 11) is 1.85. The molecule has 0 radical (unpaired) electrons. The first-order chi connectivity index (χ1) is 6.53. The predicted molar refractivity (Wildman–Crippen MR) is 52.0 cm³/mol. The Labute approximate surface area is 83.9 Å².